The van der Waals surface area contributed by atoms with Gasteiger partial charge < -0.3 is 10.1 Å². The Bertz CT molecular complexity index is 1320. The van der Waals surface area contributed by atoms with E-state index < -0.39 is 50.5 Å². The van der Waals surface area contributed by atoms with Crippen LogP contribution in [0.2, 0.25) is 5.02 Å². The molecule has 0 aliphatic heterocycles. The molecule has 2 N–H and O–H groups in total. The van der Waals surface area contributed by atoms with E-state index in [1.807, 2.05) is 4.72 Å². The fourth-order valence-electron chi connectivity index (χ4n) is 2.55. The lowest BCUT2D eigenvalue weighted by Crippen LogP contribution is -2.23. The van der Waals surface area contributed by atoms with Crippen LogP contribution in [0, 0.1) is 11.6 Å². The number of hydrogen-bond donors (Lipinski definition) is 2. The second-order valence-corrected chi connectivity index (χ2v) is 8.53. The van der Waals surface area contributed by atoms with Crippen LogP contribution in [-0.2, 0) is 16.6 Å². The first-order valence-corrected chi connectivity index (χ1v) is 10.8. The SMILES string of the molecule is O=C(NCc1ccc(OC(F)(F)F)c(Cl)c1)c1ccc(S(=O)(=O)Nc2ncc(F)cn2)c(F)c1. The van der Waals surface area contributed by atoms with Crippen molar-refractivity contribution in [3.05, 3.63) is 76.6 Å². The number of nitrogens with zero attached hydrogens (tertiary/aromatic N) is 2. The highest BCUT2D eigenvalue weighted by Crippen LogP contribution is 2.30. The summed E-state index contributed by atoms with van der Waals surface area (Å²) in [5.74, 6) is -3.99. The normalized spacial score (nSPS) is 11.7. The van der Waals surface area contributed by atoms with Gasteiger partial charge in [-0.15, -0.1) is 13.2 Å². The van der Waals surface area contributed by atoms with Gasteiger partial charge in [-0.2, -0.15) is 0 Å². The van der Waals surface area contributed by atoms with Crippen LogP contribution >= 0.6 is 11.6 Å². The summed E-state index contributed by atoms with van der Waals surface area (Å²) in [6, 6.07) is 5.87. The first-order valence-electron chi connectivity index (χ1n) is 8.96. The third-order valence-electron chi connectivity index (χ3n) is 4.00. The zero-order valence-electron chi connectivity index (χ0n) is 16.5. The zero-order valence-corrected chi connectivity index (χ0v) is 18.1. The Morgan fingerprint density at radius 2 is 1.74 bits per heavy atom. The van der Waals surface area contributed by atoms with E-state index in [9.17, 15) is 35.2 Å². The number of nitrogens with one attached hydrogen (secondary N) is 2. The molecule has 3 rings (SSSR count). The molecule has 1 heterocycles. The van der Waals surface area contributed by atoms with E-state index in [-0.39, 0.29) is 17.1 Å². The summed E-state index contributed by atoms with van der Waals surface area (Å²) < 4.78 is 94.4. The van der Waals surface area contributed by atoms with Crippen molar-refractivity contribution in [2.24, 2.45) is 0 Å². The minimum Gasteiger partial charge on any atom is -0.404 e. The highest BCUT2D eigenvalue weighted by molar-refractivity contribution is 7.92. The summed E-state index contributed by atoms with van der Waals surface area (Å²) in [6.45, 7) is -0.185. The van der Waals surface area contributed by atoms with E-state index in [0.717, 1.165) is 24.3 Å². The van der Waals surface area contributed by atoms with Crippen LogP contribution in [0.1, 0.15) is 15.9 Å². The first kappa shape index (κ1) is 25.1. The molecule has 1 aromatic heterocycles. The molecule has 34 heavy (non-hydrogen) atoms. The van der Waals surface area contributed by atoms with Crippen LogP contribution in [0.15, 0.2) is 53.7 Å². The van der Waals surface area contributed by atoms with Gasteiger partial charge in [0.25, 0.3) is 15.9 Å². The van der Waals surface area contributed by atoms with Crippen molar-refractivity contribution in [3.63, 3.8) is 0 Å². The maximum absolute atomic E-state index is 14.4. The van der Waals surface area contributed by atoms with Crippen molar-refractivity contribution in [1.29, 1.82) is 0 Å². The third kappa shape index (κ3) is 6.51. The number of amides is 1. The van der Waals surface area contributed by atoms with Gasteiger partial charge in [0.1, 0.15) is 16.5 Å². The van der Waals surface area contributed by atoms with E-state index in [1.54, 1.807) is 0 Å². The summed E-state index contributed by atoms with van der Waals surface area (Å²) in [6.07, 6.45) is -3.51. The minimum absolute atomic E-state index is 0.185. The van der Waals surface area contributed by atoms with Crippen LogP contribution in [0.4, 0.5) is 27.9 Å². The number of sulfonamides is 1. The fourth-order valence-corrected chi connectivity index (χ4v) is 3.81. The number of halogens is 6. The van der Waals surface area contributed by atoms with Crippen LogP contribution < -0.4 is 14.8 Å². The second kappa shape index (κ2) is 9.77. The molecule has 0 aliphatic carbocycles. The van der Waals surface area contributed by atoms with Crippen LogP contribution in [0.25, 0.3) is 0 Å². The molecule has 0 atom stereocenters. The lowest BCUT2D eigenvalue weighted by Gasteiger charge is -2.12. The second-order valence-electron chi connectivity index (χ2n) is 6.47. The average Bonchev–Trinajstić information content (AvgIpc) is 2.74. The van der Waals surface area contributed by atoms with Crippen LogP contribution in [-0.4, -0.2) is 30.7 Å². The van der Waals surface area contributed by atoms with Crippen molar-refractivity contribution in [3.8, 4) is 5.75 Å². The minimum atomic E-state index is -4.93. The molecule has 0 saturated carbocycles. The lowest BCUT2D eigenvalue weighted by molar-refractivity contribution is -0.274. The number of anilines is 1. The van der Waals surface area contributed by atoms with Crippen molar-refractivity contribution in [2.75, 3.05) is 4.72 Å². The molecule has 1 amide bonds. The monoisotopic (exact) mass is 522 g/mol. The number of benzene rings is 2. The largest absolute Gasteiger partial charge is 0.573 e. The molecule has 3 aromatic rings. The summed E-state index contributed by atoms with van der Waals surface area (Å²) in [5.41, 5.74) is 0.0775. The van der Waals surface area contributed by atoms with Gasteiger partial charge in [-0.25, -0.2) is 31.9 Å². The Labute approximate surface area is 193 Å². The molecule has 0 saturated heterocycles. The number of alkyl halides is 3. The predicted octanol–water partition coefficient (Wildman–Crippen LogP) is 4.04. The maximum atomic E-state index is 14.4. The molecular formula is C19H12ClF5N4O4S. The maximum Gasteiger partial charge on any atom is 0.573 e. The van der Waals surface area contributed by atoms with Gasteiger partial charge in [0, 0.05) is 12.1 Å². The van der Waals surface area contributed by atoms with Crippen LogP contribution in [0.3, 0.4) is 0 Å². The number of carbonyl (C=O) groups is 1. The number of hydrogen-bond acceptors (Lipinski definition) is 6. The number of ether oxygens (including phenoxy) is 1. The molecule has 15 heteroatoms. The molecule has 180 valence electrons. The highest BCUT2D eigenvalue weighted by Gasteiger charge is 2.32. The van der Waals surface area contributed by atoms with Gasteiger partial charge in [-0.05, 0) is 35.9 Å². The Morgan fingerprint density at radius 1 is 1.06 bits per heavy atom. The number of rotatable bonds is 7. The Hall–Kier alpha value is -3.52. The molecule has 0 unspecified atom stereocenters. The molecular weight excluding hydrogens is 511 g/mol. The predicted molar refractivity (Wildman–Crippen MR) is 109 cm³/mol. The molecule has 0 radical (unpaired) electrons. The fraction of sp³-hybridized carbons (Fsp3) is 0.105. The van der Waals surface area contributed by atoms with Crippen molar-refractivity contribution < 1.29 is 39.9 Å². The van der Waals surface area contributed by atoms with Gasteiger partial charge >= 0.3 is 6.36 Å². The molecule has 0 fully saturated rings. The molecule has 2 aromatic carbocycles. The lowest BCUT2D eigenvalue weighted by atomic mass is 10.2. The molecule has 0 spiro atoms. The van der Waals surface area contributed by atoms with E-state index >= 15 is 0 Å². The van der Waals surface area contributed by atoms with Gasteiger partial charge in [-0.3, -0.25) is 4.79 Å². The van der Waals surface area contributed by atoms with E-state index in [2.05, 4.69) is 20.0 Å². The van der Waals surface area contributed by atoms with Gasteiger partial charge in [0.2, 0.25) is 5.95 Å². The number of aromatic nitrogens is 2. The Balaban J connectivity index is 1.68. The molecule has 0 bridgehead atoms. The summed E-state index contributed by atoms with van der Waals surface area (Å²) in [4.78, 5) is 18.3. The van der Waals surface area contributed by atoms with Crippen molar-refractivity contribution >= 4 is 33.5 Å². The van der Waals surface area contributed by atoms with Gasteiger partial charge in [0.05, 0.1) is 17.4 Å². The third-order valence-corrected chi connectivity index (χ3v) is 5.66. The standard InChI is InChI=1S/C19H12ClF5N4O4S/c20-13-5-10(1-3-15(13)33-19(23,24)25)7-26-17(30)11-2-4-16(14(22)6-11)34(31,32)29-18-27-8-12(21)9-28-18/h1-6,8-9H,7H2,(H,26,30)(H,27,28,29). The van der Waals surface area contributed by atoms with Gasteiger partial charge in [0.15, 0.2) is 5.82 Å². The molecule has 8 nitrogen and oxygen atoms in total. The Morgan fingerprint density at radius 3 is 2.32 bits per heavy atom. The summed E-state index contributed by atoms with van der Waals surface area (Å²) in [5, 5.41) is 2.05. The van der Waals surface area contributed by atoms with E-state index in [4.69, 9.17) is 11.6 Å². The van der Waals surface area contributed by atoms with E-state index in [0.29, 0.717) is 24.0 Å². The average molecular weight is 523 g/mol. The summed E-state index contributed by atoms with van der Waals surface area (Å²) >= 11 is 5.74. The van der Waals surface area contributed by atoms with Crippen LogP contribution in [0.5, 0.6) is 5.75 Å². The smallest absolute Gasteiger partial charge is 0.404 e. The van der Waals surface area contributed by atoms with E-state index in [1.165, 1.54) is 6.07 Å². The quantitative estimate of drug-likeness (QED) is 0.453. The summed E-state index contributed by atoms with van der Waals surface area (Å²) in [7, 11) is -4.49. The zero-order chi connectivity index (χ0) is 25.1. The topological polar surface area (TPSA) is 110 Å². The van der Waals surface area contributed by atoms with Crippen molar-refractivity contribution in [1.82, 2.24) is 15.3 Å². The first-order chi connectivity index (χ1) is 15.8. The van der Waals surface area contributed by atoms with Crippen molar-refractivity contribution in [2.45, 2.75) is 17.8 Å². The number of carbonyl (C=O) groups excluding carboxylic acids is 1. The Kier molecular flexibility index (Phi) is 7.21. The highest BCUT2D eigenvalue weighted by atomic mass is 35.5. The van der Waals surface area contributed by atoms with Gasteiger partial charge in [-0.1, -0.05) is 17.7 Å². The molecule has 0 aliphatic rings.